The Morgan fingerprint density at radius 1 is 1.36 bits per heavy atom. The van der Waals surface area contributed by atoms with Gasteiger partial charge in [0.2, 0.25) is 0 Å². The van der Waals surface area contributed by atoms with Gasteiger partial charge in [0, 0.05) is 6.07 Å². The average Bonchev–Trinajstić information content (AvgIpc) is 3.02. The van der Waals surface area contributed by atoms with Crippen LogP contribution in [0.1, 0.15) is 0 Å². The van der Waals surface area contributed by atoms with E-state index in [2.05, 4.69) is 9.97 Å². The molecule has 128 valence electrons. The quantitative estimate of drug-likeness (QED) is 0.520. The van der Waals surface area contributed by atoms with Crippen molar-refractivity contribution < 1.29 is 24.3 Å². The van der Waals surface area contributed by atoms with Gasteiger partial charge in [0.1, 0.15) is 5.82 Å². The van der Waals surface area contributed by atoms with E-state index in [0.29, 0.717) is 11.3 Å². The number of imidazole rings is 1. The van der Waals surface area contributed by atoms with E-state index in [1.807, 2.05) is 12.1 Å². The van der Waals surface area contributed by atoms with Crippen LogP contribution >= 0.6 is 0 Å². The lowest BCUT2D eigenvalue weighted by Crippen LogP contribution is -2.11. The lowest BCUT2D eigenvalue weighted by atomic mass is 10.1. The fourth-order valence-corrected chi connectivity index (χ4v) is 2.38. The second kappa shape index (κ2) is 6.48. The predicted octanol–water partition coefficient (Wildman–Crippen LogP) is 2.61. The van der Waals surface area contributed by atoms with Crippen molar-refractivity contribution in [3.8, 4) is 22.9 Å². The van der Waals surface area contributed by atoms with Gasteiger partial charge < -0.3 is 19.6 Å². The number of hydrogen-bond acceptors (Lipinski definition) is 6. The van der Waals surface area contributed by atoms with Crippen molar-refractivity contribution in [2.45, 2.75) is 0 Å². The Labute approximate surface area is 141 Å². The predicted molar refractivity (Wildman–Crippen MR) is 87.9 cm³/mol. The molecule has 0 aliphatic carbocycles. The summed E-state index contributed by atoms with van der Waals surface area (Å²) in [7, 11) is 1.31. The molecule has 0 aliphatic rings. The first-order valence-corrected chi connectivity index (χ1v) is 7.15. The zero-order chi connectivity index (χ0) is 18.0. The van der Waals surface area contributed by atoms with Crippen LogP contribution in [0.15, 0.2) is 36.4 Å². The summed E-state index contributed by atoms with van der Waals surface area (Å²) >= 11 is 0. The number of hydrogen-bond donors (Lipinski definition) is 2. The van der Waals surface area contributed by atoms with Gasteiger partial charge >= 0.3 is 5.97 Å². The smallest absolute Gasteiger partial charge is 0.341 e. The molecule has 9 heteroatoms. The number of aromatic nitrogens is 2. The summed E-state index contributed by atoms with van der Waals surface area (Å²) in [5, 5.41) is 20.0. The monoisotopic (exact) mass is 343 g/mol. The number of nitro benzene ring substituents is 1. The van der Waals surface area contributed by atoms with E-state index in [9.17, 15) is 14.9 Å². The Morgan fingerprint density at radius 3 is 2.76 bits per heavy atom. The number of ether oxygens (including phenoxy) is 2. The molecule has 2 N–H and O–H groups in total. The number of aromatic amines is 1. The third-order valence-corrected chi connectivity index (χ3v) is 3.45. The van der Waals surface area contributed by atoms with E-state index < -0.39 is 17.5 Å². The highest BCUT2D eigenvalue weighted by Gasteiger charge is 2.22. The first-order valence-electron chi connectivity index (χ1n) is 7.15. The largest absolute Gasteiger partial charge is 0.493 e. The van der Waals surface area contributed by atoms with Crippen molar-refractivity contribution >= 4 is 22.7 Å². The Kier molecular flexibility index (Phi) is 4.21. The Balaban J connectivity index is 2.21. The molecule has 0 bridgehead atoms. The van der Waals surface area contributed by atoms with Crippen molar-refractivity contribution in [2.24, 2.45) is 0 Å². The summed E-state index contributed by atoms with van der Waals surface area (Å²) in [6.07, 6.45) is 0. The minimum absolute atomic E-state index is 0.0471. The number of nitrogens with one attached hydrogen (secondary N) is 1. The van der Waals surface area contributed by atoms with E-state index >= 15 is 0 Å². The van der Waals surface area contributed by atoms with Gasteiger partial charge in [-0.1, -0.05) is 12.1 Å². The van der Waals surface area contributed by atoms with Crippen LogP contribution < -0.4 is 9.47 Å². The SMILES string of the molecule is COc1cc([N+](=O)[O-])cc(-c2nc3ccccc3[nH]2)c1OCC(=O)O. The van der Waals surface area contributed by atoms with Crippen LogP contribution in [-0.4, -0.2) is 39.7 Å². The number of aliphatic carboxylic acids is 1. The molecule has 0 radical (unpaired) electrons. The highest BCUT2D eigenvalue weighted by molar-refractivity contribution is 5.82. The van der Waals surface area contributed by atoms with Gasteiger partial charge in [0.25, 0.3) is 5.69 Å². The summed E-state index contributed by atoms with van der Waals surface area (Å²) in [5.74, 6) is -0.764. The van der Waals surface area contributed by atoms with Crippen LogP contribution in [0, 0.1) is 10.1 Å². The number of fused-ring (bicyclic) bond motifs is 1. The van der Waals surface area contributed by atoms with Crippen molar-refractivity contribution in [2.75, 3.05) is 13.7 Å². The van der Waals surface area contributed by atoms with Crippen LogP contribution in [0.2, 0.25) is 0 Å². The maximum atomic E-state index is 11.2. The Hall–Kier alpha value is -3.62. The van der Waals surface area contributed by atoms with Crippen molar-refractivity contribution in [3.63, 3.8) is 0 Å². The average molecular weight is 343 g/mol. The van der Waals surface area contributed by atoms with Crippen molar-refractivity contribution in [1.29, 1.82) is 0 Å². The van der Waals surface area contributed by atoms with Gasteiger partial charge in [-0.3, -0.25) is 10.1 Å². The maximum Gasteiger partial charge on any atom is 0.341 e. The number of para-hydroxylation sites is 2. The molecule has 0 fully saturated rings. The Morgan fingerprint density at radius 2 is 2.12 bits per heavy atom. The number of H-pyrrole nitrogens is 1. The molecule has 9 nitrogen and oxygen atoms in total. The van der Waals surface area contributed by atoms with Crippen LogP contribution in [0.4, 0.5) is 5.69 Å². The summed E-state index contributed by atoms with van der Waals surface area (Å²) in [4.78, 5) is 28.9. The third-order valence-electron chi connectivity index (χ3n) is 3.45. The molecule has 25 heavy (non-hydrogen) atoms. The van der Waals surface area contributed by atoms with Gasteiger partial charge in [0.05, 0.1) is 34.7 Å². The molecule has 0 spiro atoms. The molecule has 0 unspecified atom stereocenters. The number of carboxylic acids is 1. The zero-order valence-corrected chi connectivity index (χ0v) is 13.1. The number of carbonyl (C=O) groups is 1. The fraction of sp³-hybridized carbons (Fsp3) is 0.125. The number of carboxylic acid groups (broad SMARTS) is 1. The third kappa shape index (κ3) is 3.20. The van der Waals surface area contributed by atoms with Crippen molar-refractivity contribution in [1.82, 2.24) is 9.97 Å². The number of rotatable bonds is 6. The lowest BCUT2D eigenvalue weighted by molar-refractivity contribution is -0.384. The second-order valence-electron chi connectivity index (χ2n) is 5.07. The number of methoxy groups -OCH3 is 1. The molecule has 0 saturated carbocycles. The number of nitrogens with zero attached hydrogens (tertiary/aromatic N) is 2. The van der Waals surface area contributed by atoms with E-state index in [-0.39, 0.29) is 22.7 Å². The first-order chi connectivity index (χ1) is 12.0. The standard InChI is InChI=1S/C16H13N3O6/c1-24-13-7-9(19(22)23)6-10(15(13)25-8-14(20)21)16-17-11-4-2-3-5-12(11)18-16/h2-7H,8H2,1H3,(H,17,18)(H,20,21). The molecule has 3 aromatic rings. The topological polar surface area (TPSA) is 128 Å². The first kappa shape index (κ1) is 16.2. The van der Waals surface area contributed by atoms with Crippen LogP contribution in [0.5, 0.6) is 11.5 Å². The highest BCUT2D eigenvalue weighted by atomic mass is 16.6. The Bertz CT molecular complexity index is 933. The molecule has 3 rings (SSSR count). The lowest BCUT2D eigenvalue weighted by Gasteiger charge is -2.12. The molecule has 0 amide bonds. The molecule has 2 aromatic carbocycles. The van der Waals surface area contributed by atoms with Gasteiger partial charge in [-0.25, -0.2) is 9.78 Å². The van der Waals surface area contributed by atoms with Gasteiger partial charge in [-0.05, 0) is 12.1 Å². The van der Waals surface area contributed by atoms with Gasteiger partial charge in [0.15, 0.2) is 18.1 Å². The van der Waals surface area contributed by atoms with E-state index in [1.165, 1.54) is 19.2 Å². The minimum atomic E-state index is -1.18. The van der Waals surface area contributed by atoms with Crippen LogP contribution in [0.3, 0.4) is 0 Å². The normalized spacial score (nSPS) is 10.6. The van der Waals surface area contributed by atoms with Crippen LogP contribution in [0.25, 0.3) is 22.4 Å². The molecule has 0 aliphatic heterocycles. The minimum Gasteiger partial charge on any atom is -0.493 e. The number of benzene rings is 2. The molecule has 1 aromatic heterocycles. The van der Waals surface area contributed by atoms with E-state index in [4.69, 9.17) is 14.6 Å². The summed E-state index contributed by atoms with van der Waals surface area (Å²) in [6, 6.07) is 9.64. The van der Waals surface area contributed by atoms with Crippen molar-refractivity contribution in [3.05, 3.63) is 46.5 Å². The molecule has 0 atom stereocenters. The summed E-state index contributed by atoms with van der Waals surface area (Å²) in [6.45, 7) is -0.624. The van der Waals surface area contributed by atoms with E-state index in [0.717, 1.165) is 5.52 Å². The summed E-state index contributed by atoms with van der Waals surface area (Å²) in [5.41, 5.74) is 1.40. The second-order valence-corrected chi connectivity index (χ2v) is 5.07. The number of nitro groups is 1. The zero-order valence-electron chi connectivity index (χ0n) is 13.1. The molecule has 1 heterocycles. The maximum absolute atomic E-state index is 11.2. The number of non-ortho nitro benzene ring substituents is 1. The highest BCUT2D eigenvalue weighted by Crippen LogP contribution is 2.41. The van der Waals surface area contributed by atoms with E-state index in [1.54, 1.807) is 12.1 Å². The molecule has 0 saturated heterocycles. The van der Waals surface area contributed by atoms with Gasteiger partial charge in [-0.2, -0.15) is 0 Å². The van der Waals surface area contributed by atoms with Gasteiger partial charge in [-0.15, -0.1) is 0 Å². The molecular formula is C16H13N3O6. The molecular weight excluding hydrogens is 330 g/mol. The summed E-state index contributed by atoms with van der Waals surface area (Å²) < 4.78 is 10.4. The fourth-order valence-electron chi connectivity index (χ4n) is 2.38. The van der Waals surface area contributed by atoms with Crippen LogP contribution in [-0.2, 0) is 4.79 Å².